The minimum absolute atomic E-state index is 0.0627. The molecule has 1 aromatic heterocycles. The maximum atomic E-state index is 11.1. The number of ether oxygens (including phenoxy) is 1. The highest BCUT2D eigenvalue weighted by molar-refractivity contribution is 9.11. The molecule has 0 unspecified atom stereocenters. The lowest BCUT2D eigenvalue weighted by Gasteiger charge is -2.08. The predicted octanol–water partition coefficient (Wildman–Crippen LogP) is 3.70. The Morgan fingerprint density at radius 1 is 1.50 bits per heavy atom. The molecular weight excluding hydrogens is 350 g/mol. The van der Waals surface area contributed by atoms with Crippen molar-refractivity contribution in [1.82, 2.24) is 0 Å². The van der Waals surface area contributed by atoms with Crippen LogP contribution >= 0.6 is 27.3 Å². The molecule has 104 valence electrons. The van der Waals surface area contributed by atoms with Crippen molar-refractivity contribution >= 4 is 38.9 Å². The second-order valence-electron chi connectivity index (χ2n) is 3.76. The van der Waals surface area contributed by atoms with Gasteiger partial charge in [0, 0.05) is 11.6 Å². The molecule has 0 aliphatic carbocycles. The molecule has 1 heterocycles. The summed E-state index contributed by atoms with van der Waals surface area (Å²) in [7, 11) is 0. The van der Waals surface area contributed by atoms with Gasteiger partial charge in [0.2, 0.25) is 5.75 Å². The first-order valence-corrected chi connectivity index (χ1v) is 7.02. The minimum atomic E-state index is -1.27. The first-order chi connectivity index (χ1) is 9.49. The monoisotopic (exact) mass is 357 g/mol. The van der Waals surface area contributed by atoms with Crippen LogP contribution in [0.3, 0.4) is 0 Å². The van der Waals surface area contributed by atoms with Crippen molar-refractivity contribution in [3.63, 3.8) is 0 Å². The summed E-state index contributed by atoms with van der Waals surface area (Å²) in [6.45, 7) is 0.0627. The van der Waals surface area contributed by atoms with E-state index in [2.05, 4.69) is 15.9 Å². The van der Waals surface area contributed by atoms with Gasteiger partial charge < -0.3 is 9.84 Å². The maximum absolute atomic E-state index is 11.1. The highest BCUT2D eigenvalue weighted by Crippen LogP contribution is 2.32. The predicted molar refractivity (Wildman–Crippen MR) is 76.4 cm³/mol. The molecule has 0 aliphatic heterocycles. The van der Waals surface area contributed by atoms with Gasteiger partial charge in [0.1, 0.15) is 12.2 Å². The quantitative estimate of drug-likeness (QED) is 0.650. The number of carboxylic acid groups (broad SMARTS) is 1. The fourth-order valence-corrected chi connectivity index (χ4v) is 2.76. The van der Waals surface area contributed by atoms with E-state index in [1.807, 2.05) is 5.38 Å². The Balaban J connectivity index is 2.32. The average Bonchev–Trinajstić information content (AvgIpc) is 2.81. The van der Waals surface area contributed by atoms with Crippen LogP contribution in [0.4, 0.5) is 5.69 Å². The van der Waals surface area contributed by atoms with E-state index in [1.54, 1.807) is 6.07 Å². The molecule has 0 saturated heterocycles. The Labute approximate surface area is 125 Å². The largest absolute Gasteiger partial charge is 0.481 e. The van der Waals surface area contributed by atoms with E-state index in [0.717, 1.165) is 9.35 Å². The van der Waals surface area contributed by atoms with Crippen molar-refractivity contribution in [2.45, 2.75) is 6.61 Å². The van der Waals surface area contributed by atoms with Gasteiger partial charge in [0.25, 0.3) is 0 Å². The van der Waals surface area contributed by atoms with E-state index < -0.39 is 10.9 Å². The van der Waals surface area contributed by atoms with Crippen molar-refractivity contribution in [2.24, 2.45) is 0 Å². The number of aromatic carboxylic acids is 1. The average molecular weight is 358 g/mol. The Morgan fingerprint density at radius 2 is 2.25 bits per heavy atom. The zero-order valence-corrected chi connectivity index (χ0v) is 12.3. The first-order valence-electron chi connectivity index (χ1n) is 5.35. The fourth-order valence-electron chi connectivity index (χ4n) is 1.57. The van der Waals surface area contributed by atoms with Crippen molar-refractivity contribution in [3.8, 4) is 5.75 Å². The molecule has 6 nitrogen and oxygen atoms in total. The fraction of sp³-hybridized carbons (Fsp3) is 0.0833. The molecule has 0 bridgehead atoms. The lowest BCUT2D eigenvalue weighted by molar-refractivity contribution is -0.386. The van der Waals surface area contributed by atoms with E-state index in [1.165, 1.54) is 29.5 Å². The van der Waals surface area contributed by atoms with Crippen LogP contribution in [-0.4, -0.2) is 16.0 Å². The second kappa shape index (κ2) is 6.02. The smallest absolute Gasteiger partial charge is 0.339 e. The number of benzene rings is 1. The van der Waals surface area contributed by atoms with Crippen LogP contribution in [0.15, 0.2) is 33.4 Å². The number of nitro groups is 1. The zero-order valence-electron chi connectivity index (χ0n) is 9.91. The van der Waals surface area contributed by atoms with E-state index in [4.69, 9.17) is 9.84 Å². The minimum Gasteiger partial charge on any atom is -0.481 e. The van der Waals surface area contributed by atoms with Crippen LogP contribution in [0, 0.1) is 10.1 Å². The van der Waals surface area contributed by atoms with Crippen LogP contribution in [0.5, 0.6) is 5.75 Å². The number of nitro benzene ring substituents is 1. The number of hydrogen-bond donors (Lipinski definition) is 1. The van der Waals surface area contributed by atoms with Crippen LogP contribution in [-0.2, 0) is 6.61 Å². The first kappa shape index (κ1) is 14.5. The number of halogens is 1. The number of carbonyl (C=O) groups is 1. The van der Waals surface area contributed by atoms with E-state index >= 15 is 0 Å². The lowest BCUT2D eigenvalue weighted by atomic mass is 10.1. The molecule has 2 aromatic rings. The molecule has 0 amide bonds. The standard InChI is InChI=1S/C12H8BrNO5S/c13-10-4-7(6-20-10)5-19-11-8(12(15)16)2-1-3-9(11)14(17)18/h1-4,6H,5H2,(H,15,16). The van der Waals surface area contributed by atoms with Crippen molar-refractivity contribution < 1.29 is 19.6 Å². The van der Waals surface area contributed by atoms with E-state index in [9.17, 15) is 14.9 Å². The van der Waals surface area contributed by atoms with Crippen molar-refractivity contribution in [2.75, 3.05) is 0 Å². The number of hydrogen-bond acceptors (Lipinski definition) is 5. The highest BCUT2D eigenvalue weighted by Gasteiger charge is 2.23. The Kier molecular flexibility index (Phi) is 4.35. The third kappa shape index (κ3) is 3.14. The molecule has 0 aliphatic rings. The Hall–Kier alpha value is -1.93. The lowest BCUT2D eigenvalue weighted by Crippen LogP contribution is -2.05. The molecule has 1 aromatic carbocycles. The van der Waals surface area contributed by atoms with Gasteiger partial charge in [-0.3, -0.25) is 10.1 Å². The van der Waals surface area contributed by atoms with Gasteiger partial charge in [-0.2, -0.15) is 0 Å². The highest BCUT2D eigenvalue weighted by atomic mass is 79.9. The molecule has 0 saturated carbocycles. The third-order valence-corrected chi connectivity index (χ3v) is 3.98. The van der Waals surface area contributed by atoms with Crippen LogP contribution in [0.2, 0.25) is 0 Å². The summed E-state index contributed by atoms with van der Waals surface area (Å²) in [5, 5.41) is 21.8. The Bertz CT molecular complexity index is 637. The molecular formula is C12H8BrNO5S. The van der Waals surface area contributed by atoms with Gasteiger partial charge in [0.05, 0.1) is 8.71 Å². The van der Waals surface area contributed by atoms with Crippen LogP contribution in [0.25, 0.3) is 0 Å². The number of para-hydroxylation sites is 1. The topological polar surface area (TPSA) is 89.7 Å². The van der Waals surface area contributed by atoms with Gasteiger partial charge in [-0.05, 0) is 33.4 Å². The SMILES string of the molecule is O=C(O)c1cccc([N+](=O)[O-])c1OCc1csc(Br)c1. The third-order valence-electron chi connectivity index (χ3n) is 2.43. The van der Waals surface area contributed by atoms with Crippen LogP contribution in [0.1, 0.15) is 15.9 Å². The summed E-state index contributed by atoms with van der Waals surface area (Å²) >= 11 is 4.74. The summed E-state index contributed by atoms with van der Waals surface area (Å²) < 4.78 is 6.25. The molecule has 0 radical (unpaired) electrons. The number of nitrogens with zero attached hydrogens (tertiary/aromatic N) is 1. The summed E-state index contributed by atoms with van der Waals surface area (Å²) in [4.78, 5) is 21.4. The maximum Gasteiger partial charge on any atom is 0.339 e. The van der Waals surface area contributed by atoms with Gasteiger partial charge in [-0.25, -0.2) is 4.79 Å². The van der Waals surface area contributed by atoms with Gasteiger partial charge in [-0.1, -0.05) is 6.07 Å². The molecule has 0 fully saturated rings. The number of rotatable bonds is 5. The zero-order chi connectivity index (χ0) is 14.7. The molecule has 20 heavy (non-hydrogen) atoms. The molecule has 8 heteroatoms. The summed E-state index contributed by atoms with van der Waals surface area (Å²) in [5.41, 5.74) is 0.212. The van der Waals surface area contributed by atoms with Gasteiger partial charge in [-0.15, -0.1) is 11.3 Å². The normalized spacial score (nSPS) is 10.2. The molecule has 1 N–H and O–H groups in total. The number of thiophene rings is 1. The summed E-state index contributed by atoms with van der Waals surface area (Å²) in [5.74, 6) is -1.50. The summed E-state index contributed by atoms with van der Waals surface area (Å²) in [6, 6.07) is 5.61. The molecule has 2 rings (SSSR count). The number of carboxylic acids is 1. The van der Waals surface area contributed by atoms with Crippen molar-refractivity contribution in [3.05, 3.63) is 54.7 Å². The molecule has 0 atom stereocenters. The van der Waals surface area contributed by atoms with Gasteiger partial charge in [0.15, 0.2) is 0 Å². The second-order valence-corrected chi connectivity index (χ2v) is 6.05. The van der Waals surface area contributed by atoms with Gasteiger partial charge >= 0.3 is 11.7 Å². The van der Waals surface area contributed by atoms with E-state index in [-0.39, 0.29) is 23.6 Å². The van der Waals surface area contributed by atoms with Crippen molar-refractivity contribution in [1.29, 1.82) is 0 Å². The van der Waals surface area contributed by atoms with E-state index in [0.29, 0.717) is 0 Å². The van der Waals surface area contributed by atoms with Crippen LogP contribution < -0.4 is 4.74 Å². The Morgan fingerprint density at radius 3 is 2.80 bits per heavy atom. The molecule has 0 spiro atoms. The summed E-state index contributed by atoms with van der Waals surface area (Å²) in [6.07, 6.45) is 0.